The molecule has 4 N–H and O–H groups in total. The molecule has 3 aromatic rings. The number of carbonyl (C=O) groups excluding carboxylic acids is 1. The molecule has 0 aliphatic heterocycles. The van der Waals surface area contributed by atoms with E-state index in [0.29, 0.717) is 30.7 Å². The lowest BCUT2D eigenvalue weighted by Gasteiger charge is -2.13. The van der Waals surface area contributed by atoms with E-state index >= 15 is 0 Å². The number of rotatable bonds is 6. The van der Waals surface area contributed by atoms with Crippen molar-refractivity contribution in [2.45, 2.75) is 54.9 Å². The molecule has 0 saturated heterocycles. The van der Waals surface area contributed by atoms with E-state index in [1.807, 2.05) is 84.9 Å². The molecule has 0 fully saturated rings. The molecular formula is C27H43NO5. The molecule has 6 heteroatoms. The monoisotopic (exact) mass is 461 g/mol. The summed E-state index contributed by atoms with van der Waals surface area (Å²) in [7, 11) is 2.00. The lowest BCUT2D eigenvalue weighted by atomic mass is 9.96. The molecule has 0 saturated carbocycles. The number of furan rings is 1. The van der Waals surface area contributed by atoms with E-state index in [0.717, 1.165) is 47.8 Å². The van der Waals surface area contributed by atoms with Gasteiger partial charge in [-0.1, -0.05) is 52.8 Å². The van der Waals surface area contributed by atoms with Crippen LogP contribution in [0.4, 0.5) is 0 Å². The number of ether oxygens (including phenoxy) is 1. The second kappa shape index (κ2) is 18.9. The van der Waals surface area contributed by atoms with E-state index < -0.39 is 0 Å². The standard InChI is InChI=1S/C21H23NO3.2C2H6.2CH4O/c1-4-17-19(16-7-5-6-8-18(16)25-17)20(23)15-11-13(2)21(14(3)12-15)24-10-9-22;4*1-2/h5-8,11-12H,4,9-10,22H2,1-3H3;2*1-2H3;2*2H,1H3. The van der Waals surface area contributed by atoms with Crippen LogP contribution in [0.3, 0.4) is 0 Å². The topological polar surface area (TPSA) is 106 Å². The maximum Gasteiger partial charge on any atom is 0.197 e. The lowest BCUT2D eigenvalue weighted by molar-refractivity contribution is 0.103. The molecule has 1 aromatic heterocycles. The van der Waals surface area contributed by atoms with Gasteiger partial charge in [-0.2, -0.15) is 0 Å². The van der Waals surface area contributed by atoms with Gasteiger partial charge in [-0.3, -0.25) is 4.79 Å². The Balaban J connectivity index is 0. The van der Waals surface area contributed by atoms with Gasteiger partial charge in [-0.05, 0) is 43.2 Å². The molecule has 0 atom stereocenters. The van der Waals surface area contributed by atoms with Crippen molar-refractivity contribution in [1.82, 2.24) is 0 Å². The summed E-state index contributed by atoms with van der Waals surface area (Å²) in [4.78, 5) is 13.2. The van der Waals surface area contributed by atoms with Gasteiger partial charge in [0.05, 0.1) is 5.56 Å². The number of para-hydroxylation sites is 1. The molecule has 0 spiro atoms. The fourth-order valence-electron chi connectivity index (χ4n) is 3.21. The van der Waals surface area contributed by atoms with E-state index in [9.17, 15) is 4.79 Å². The zero-order valence-corrected chi connectivity index (χ0v) is 21.8. The third-order valence-corrected chi connectivity index (χ3v) is 4.30. The fraction of sp³-hybridized carbons (Fsp3) is 0.444. The smallest absolute Gasteiger partial charge is 0.197 e. The van der Waals surface area contributed by atoms with Crippen LogP contribution >= 0.6 is 0 Å². The van der Waals surface area contributed by atoms with E-state index in [2.05, 4.69) is 0 Å². The zero-order valence-electron chi connectivity index (χ0n) is 21.8. The maximum absolute atomic E-state index is 13.2. The number of benzene rings is 2. The molecule has 0 amide bonds. The number of aliphatic hydroxyl groups is 2. The van der Waals surface area contributed by atoms with Crippen molar-refractivity contribution in [2.75, 3.05) is 27.4 Å². The Hall–Kier alpha value is -2.67. The Labute approximate surface area is 199 Å². The highest BCUT2D eigenvalue weighted by Gasteiger charge is 2.22. The minimum atomic E-state index is -0.0154. The number of fused-ring (bicyclic) bond motifs is 1. The largest absolute Gasteiger partial charge is 0.492 e. The number of hydrogen-bond donors (Lipinski definition) is 3. The third-order valence-electron chi connectivity index (χ3n) is 4.30. The molecule has 0 aliphatic rings. The average Bonchev–Trinajstić information content (AvgIpc) is 3.26. The molecule has 3 rings (SSSR count). The molecule has 2 aromatic carbocycles. The van der Waals surface area contributed by atoms with Gasteiger partial charge in [0.2, 0.25) is 0 Å². The molecule has 0 unspecified atom stereocenters. The van der Waals surface area contributed by atoms with Crippen LogP contribution in [0.5, 0.6) is 5.75 Å². The SMILES string of the molecule is CC.CC.CCc1oc2ccccc2c1C(=O)c1cc(C)c(OCCN)c(C)c1.CO.CO. The van der Waals surface area contributed by atoms with E-state index in [1.54, 1.807) is 0 Å². The molecule has 0 bridgehead atoms. The minimum absolute atomic E-state index is 0.0154. The van der Waals surface area contributed by atoms with Gasteiger partial charge in [0.15, 0.2) is 5.78 Å². The highest BCUT2D eigenvalue weighted by molar-refractivity contribution is 6.17. The van der Waals surface area contributed by atoms with Gasteiger partial charge in [-0.25, -0.2) is 0 Å². The Morgan fingerprint density at radius 1 is 0.970 bits per heavy atom. The van der Waals surface area contributed by atoms with Gasteiger partial charge >= 0.3 is 0 Å². The van der Waals surface area contributed by atoms with Gasteiger partial charge in [0, 0.05) is 38.1 Å². The van der Waals surface area contributed by atoms with Gasteiger partial charge in [-0.15, -0.1) is 0 Å². The normalized spacial score (nSPS) is 9.09. The molecule has 186 valence electrons. The Bertz CT molecular complexity index is 908. The average molecular weight is 462 g/mol. The molecular weight excluding hydrogens is 418 g/mol. The Morgan fingerprint density at radius 2 is 1.48 bits per heavy atom. The second-order valence-electron chi connectivity index (χ2n) is 6.16. The number of ketones is 1. The summed E-state index contributed by atoms with van der Waals surface area (Å²) in [6.45, 7) is 14.8. The first-order chi connectivity index (χ1) is 16.1. The summed E-state index contributed by atoms with van der Waals surface area (Å²) in [6.07, 6.45) is 0.672. The number of aryl methyl sites for hydroxylation is 3. The zero-order chi connectivity index (χ0) is 26.0. The lowest BCUT2D eigenvalue weighted by Crippen LogP contribution is -2.12. The van der Waals surface area contributed by atoms with E-state index in [1.165, 1.54) is 0 Å². The van der Waals surface area contributed by atoms with Crippen LogP contribution in [-0.4, -0.2) is 43.4 Å². The quantitative estimate of drug-likeness (QED) is 0.422. The van der Waals surface area contributed by atoms with Crippen LogP contribution in [-0.2, 0) is 6.42 Å². The van der Waals surface area contributed by atoms with Crippen LogP contribution in [0, 0.1) is 13.8 Å². The first-order valence-corrected chi connectivity index (χ1v) is 11.5. The van der Waals surface area contributed by atoms with Crippen LogP contribution in [0.25, 0.3) is 11.0 Å². The van der Waals surface area contributed by atoms with Crippen LogP contribution in [0.2, 0.25) is 0 Å². The summed E-state index contributed by atoms with van der Waals surface area (Å²) in [5, 5.41) is 14.9. The first-order valence-electron chi connectivity index (χ1n) is 11.5. The highest BCUT2D eigenvalue weighted by Crippen LogP contribution is 2.31. The van der Waals surface area contributed by atoms with Crippen molar-refractivity contribution >= 4 is 16.8 Å². The molecule has 1 heterocycles. The van der Waals surface area contributed by atoms with Crippen molar-refractivity contribution < 1.29 is 24.2 Å². The van der Waals surface area contributed by atoms with Crippen molar-refractivity contribution in [3.63, 3.8) is 0 Å². The molecule has 33 heavy (non-hydrogen) atoms. The Morgan fingerprint density at radius 3 is 1.97 bits per heavy atom. The fourth-order valence-corrected chi connectivity index (χ4v) is 3.21. The molecule has 0 aliphatic carbocycles. The summed E-state index contributed by atoms with van der Waals surface area (Å²) < 4.78 is 11.6. The van der Waals surface area contributed by atoms with Crippen molar-refractivity contribution in [1.29, 1.82) is 0 Å². The maximum atomic E-state index is 13.2. The second-order valence-corrected chi connectivity index (χ2v) is 6.16. The van der Waals surface area contributed by atoms with Crippen molar-refractivity contribution in [3.05, 3.63) is 64.4 Å². The summed E-state index contributed by atoms with van der Waals surface area (Å²) >= 11 is 0. The van der Waals surface area contributed by atoms with Gasteiger partial charge < -0.3 is 25.1 Å². The summed E-state index contributed by atoms with van der Waals surface area (Å²) in [6, 6.07) is 11.4. The summed E-state index contributed by atoms with van der Waals surface area (Å²) in [5.41, 5.74) is 9.44. The minimum Gasteiger partial charge on any atom is -0.492 e. The van der Waals surface area contributed by atoms with Crippen molar-refractivity contribution in [3.8, 4) is 5.75 Å². The predicted molar refractivity (Wildman–Crippen MR) is 138 cm³/mol. The first kappa shape index (κ1) is 32.5. The summed E-state index contributed by atoms with van der Waals surface area (Å²) in [5.74, 6) is 1.51. The molecule has 0 radical (unpaired) electrons. The van der Waals surface area contributed by atoms with Gasteiger partial charge in [0.1, 0.15) is 23.7 Å². The number of carbonyl (C=O) groups is 1. The van der Waals surface area contributed by atoms with E-state index in [-0.39, 0.29) is 5.78 Å². The van der Waals surface area contributed by atoms with Crippen LogP contribution in [0.15, 0.2) is 40.8 Å². The predicted octanol–water partition coefficient (Wildman–Crippen LogP) is 5.45. The number of aliphatic hydroxyl groups excluding tert-OH is 2. The number of hydrogen-bond acceptors (Lipinski definition) is 6. The Kier molecular flexibility index (Phi) is 18.6. The van der Waals surface area contributed by atoms with Crippen molar-refractivity contribution in [2.24, 2.45) is 5.73 Å². The van der Waals surface area contributed by atoms with Crippen LogP contribution in [0.1, 0.15) is 67.4 Å². The molecule has 6 nitrogen and oxygen atoms in total. The van der Waals surface area contributed by atoms with Gasteiger partial charge in [0.25, 0.3) is 0 Å². The third kappa shape index (κ3) is 8.65. The van der Waals surface area contributed by atoms with E-state index in [4.69, 9.17) is 25.1 Å². The van der Waals surface area contributed by atoms with Crippen LogP contribution < -0.4 is 10.5 Å². The highest BCUT2D eigenvalue weighted by atomic mass is 16.5. The number of nitrogens with two attached hydrogens (primary N) is 1.